The molecule has 1 aliphatic rings. The smallest absolute Gasteiger partial charge is 0.0640 e. The van der Waals surface area contributed by atoms with Crippen molar-refractivity contribution in [3.8, 4) is 0 Å². The van der Waals surface area contributed by atoms with Crippen LogP contribution in [0.1, 0.15) is 51.3 Å². The molecule has 0 spiro atoms. The number of rotatable bonds is 6. The quantitative estimate of drug-likeness (QED) is 0.844. The molecule has 2 rings (SSSR count). The van der Waals surface area contributed by atoms with Crippen LogP contribution < -0.4 is 5.73 Å². The molecule has 1 fully saturated rings. The van der Waals surface area contributed by atoms with Gasteiger partial charge in [0.15, 0.2) is 0 Å². The summed E-state index contributed by atoms with van der Waals surface area (Å²) in [7, 11) is 0. The van der Waals surface area contributed by atoms with Crippen molar-refractivity contribution >= 4 is 0 Å². The molecular weight excluding hydrogens is 226 g/mol. The van der Waals surface area contributed by atoms with Crippen molar-refractivity contribution < 1.29 is 4.74 Å². The fraction of sp³-hybridized carbons (Fsp3) is 0.786. The molecule has 1 saturated heterocycles. The minimum Gasteiger partial charge on any atom is -0.378 e. The van der Waals surface area contributed by atoms with E-state index in [1.807, 2.05) is 4.68 Å². The first-order chi connectivity index (χ1) is 8.69. The predicted octanol–water partition coefficient (Wildman–Crippen LogP) is 2.29. The van der Waals surface area contributed by atoms with Crippen LogP contribution in [-0.2, 0) is 11.2 Å². The molecule has 3 atom stereocenters. The third-order valence-electron chi connectivity index (χ3n) is 3.77. The Kier molecular flexibility index (Phi) is 4.78. The van der Waals surface area contributed by atoms with Gasteiger partial charge in [-0.1, -0.05) is 6.92 Å². The standard InChI is InChI=1S/C14H25N3O/c1-3-11(2)17-7-6-13(16-17)9-12(15)10-14-5-4-8-18-14/h6-7,11-12,14H,3-5,8-10,15H2,1-2H3. The summed E-state index contributed by atoms with van der Waals surface area (Å²) in [6.45, 7) is 5.26. The van der Waals surface area contributed by atoms with E-state index in [1.54, 1.807) is 0 Å². The number of aromatic nitrogens is 2. The molecule has 1 aromatic heterocycles. The van der Waals surface area contributed by atoms with Gasteiger partial charge in [0, 0.05) is 31.3 Å². The van der Waals surface area contributed by atoms with Gasteiger partial charge in [-0.3, -0.25) is 4.68 Å². The van der Waals surface area contributed by atoms with E-state index in [0.717, 1.165) is 38.0 Å². The lowest BCUT2D eigenvalue weighted by atomic mass is 10.0. The van der Waals surface area contributed by atoms with Crippen LogP contribution in [0.5, 0.6) is 0 Å². The fourth-order valence-corrected chi connectivity index (χ4v) is 2.44. The van der Waals surface area contributed by atoms with Gasteiger partial charge in [0.2, 0.25) is 0 Å². The van der Waals surface area contributed by atoms with Gasteiger partial charge in [-0.05, 0) is 38.7 Å². The minimum atomic E-state index is 0.161. The van der Waals surface area contributed by atoms with Crippen LogP contribution in [0.2, 0.25) is 0 Å². The van der Waals surface area contributed by atoms with E-state index in [4.69, 9.17) is 10.5 Å². The molecule has 2 N–H and O–H groups in total. The highest BCUT2D eigenvalue weighted by atomic mass is 16.5. The molecule has 18 heavy (non-hydrogen) atoms. The summed E-state index contributed by atoms with van der Waals surface area (Å²) in [4.78, 5) is 0. The van der Waals surface area contributed by atoms with Gasteiger partial charge in [0.1, 0.15) is 0 Å². The lowest BCUT2D eigenvalue weighted by molar-refractivity contribution is 0.0982. The Morgan fingerprint density at radius 1 is 1.61 bits per heavy atom. The normalized spacial score (nSPS) is 23.2. The van der Waals surface area contributed by atoms with Crippen molar-refractivity contribution in [1.29, 1.82) is 0 Å². The number of nitrogens with zero attached hydrogens (tertiary/aromatic N) is 2. The summed E-state index contributed by atoms with van der Waals surface area (Å²) < 4.78 is 7.65. The lowest BCUT2D eigenvalue weighted by Gasteiger charge is -2.15. The number of hydrogen-bond acceptors (Lipinski definition) is 3. The molecule has 1 aliphatic heterocycles. The van der Waals surface area contributed by atoms with E-state index in [2.05, 4.69) is 31.2 Å². The van der Waals surface area contributed by atoms with Crippen LogP contribution in [-0.4, -0.2) is 28.5 Å². The van der Waals surface area contributed by atoms with E-state index in [0.29, 0.717) is 12.1 Å². The van der Waals surface area contributed by atoms with Crippen LogP contribution in [0.3, 0.4) is 0 Å². The highest BCUT2D eigenvalue weighted by Gasteiger charge is 2.19. The maximum atomic E-state index is 6.17. The Bertz CT molecular complexity index is 358. The van der Waals surface area contributed by atoms with Gasteiger partial charge in [-0.2, -0.15) is 5.10 Å². The van der Waals surface area contributed by atoms with E-state index >= 15 is 0 Å². The number of hydrogen-bond donors (Lipinski definition) is 1. The highest BCUT2D eigenvalue weighted by molar-refractivity contribution is 5.02. The zero-order valence-corrected chi connectivity index (χ0v) is 11.5. The molecule has 0 bridgehead atoms. The molecule has 0 aliphatic carbocycles. The van der Waals surface area contributed by atoms with Crippen LogP contribution in [0.4, 0.5) is 0 Å². The van der Waals surface area contributed by atoms with Crippen LogP contribution in [0.25, 0.3) is 0 Å². The second-order valence-electron chi connectivity index (χ2n) is 5.38. The van der Waals surface area contributed by atoms with Crippen molar-refractivity contribution in [2.24, 2.45) is 5.73 Å². The maximum absolute atomic E-state index is 6.17. The molecule has 4 heteroatoms. The van der Waals surface area contributed by atoms with Gasteiger partial charge in [0.25, 0.3) is 0 Å². The summed E-state index contributed by atoms with van der Waals surface area (Å²) in [6, 6.07) is 2.71. The molecule has 1 aromatic rings. The van der Waals surface area contributed by atoms with Crippen LogP contribution in [0, 0.1) is 0 Å². The molecule has 3 unspecified atom stereocenters. The average molecular weight is 251 g/mol. The monoisotopic (exact) mass is 251 g/mol. The highest BCUT2D eigenvalue weighted by Crippen LogP contribution is 2.18. The minimum absolute atomic E-state index is 0.161. The van der Waals surface area contributed by atoms with Crippen LogP contribution in [0.15, 0.2) is 12.3 Å². The summed E-state index contributed by atoms with van der Waals surface area (Å²) in [5, 5.41) is 4.59. The first-order valence-electron chi connectivity index (χ1n) is 7.10. The number of ether oxygens (including phenoxy) is 1. The predicted molar refractivity (Wildman–Crippen MR) is 72.5 cm³/mol. The zero-order chi connectivity index (χ0) is 13.0. The SMILES string of the molecule is CCC(C)n1ccc(CC(N)CC2CCCO2)n1. The topological polar surface area (TPSA) is 53.1 Å². The van der Waals surface area contributed by atoms with Crippen LogP contribution >= 0.6 is 0 Å². The largest absolute Gasteiger partial charge is 0.378 e. The van der Waals surface area contributed by atoms with Crippen molar-refractivity contribution in [1.82, 2.24) is 9.78 Å². The summed E-state index contributed by atoms with van der Waals surface area (Å²) >= 11 is 0. The summed E-state index contributed by atoms with van der Waals surface area (Å²) in [6.07, 6.45) is 7.68. The first-order valence-corrected chi connectivity index (χ1v) is 7.10. The van der Waals surface area contributed by atoms with Crippen molar-refractivity contribution in [3.63, 3.8) is 0 Å². The molecule has 4 nitrogen and oxygen atoms in total. The second kappa shape index (κ2) is 6.34. The van der Waals surface area contributed by atoms with E-state index < -0.39 is 0 Å². The lowest BCUT2D eigenvalue weighted by Crippen LogP contribution is -2.28. The Morgan fingerprint density at radius 2 is 2.44 bits per heavy atom. The van der Waals surface area contributed by atoms with Crippen molar-refractivity contribution in [3.05, 3.63) is 18.0 Å². The fourth-order valence-electron chi connectivity index (χ4n) is 2.44. The Morgan fingerprint density at radius 3 is 3.11 bits per heavy atom. The van der Waals surface area contributed by atoms with Gasteiger partial charge < -0.3 is 10.5 Å². The molecule has 102 valence electrons. The molecule has 2 heterocycles. The van der Waals surface area contributed by atoms with Gasteiger partial charge in [-0.15, -0.1) is 0 Å². The first kappa shape index (κ1) is 13.6. The second-order valence-corrected chi connectivity index (χ2v) is 5.38. The van der Waals surface area contributed by atoms with Crippen molar-refractivity contribution in [2.75, 3.05) is 6.61 Å². The zero-order valence-electron chi connectivity index (χ0n) is 11.5. The molecule has 0 aromatic carbocycles. The Labute approximate surface area is 110 Å². The maximum Gasteiger partial charge on any atom is 0.0640 e. The van der Waals surface area contributed by atoms with Gasteiger partial charge in [0.05, 0.1) is 11.8 Å². The summed E-state index contributed by atoms with van der Waals surface area (Å²) in [5.74, 6) is 0. The van der Waals surface area contributed by atoms with Gasteiger partial charge in [-0.25, -0.2) is 0 Å². The molecule has 0 radical (unpaired) electrons. The summed E-state index contributed by atoms with van der Waals surface area (Å²) in [5.41, 5.74) is 7.27. The van der Waals surface area contributed by atoms with Gasteiger partial charge >= 0.3 is 0 Å². The molecular formula is C14H25N3O. The van der Waals surface area contributed by atoms with E-state index in [1.165, 1.54) is 6.42 Å². The third-order valence-corrected chi connectivity index (χ3v) is 3.77. The molecule has 0 amide bonds. The van der Waals surface area contributed by atoms with E-state index in [-0.39, 0.29) is 6.04 Å². The Balaban J connectivity index is 1.82. The molecule has 0 saturated carbocycles. The third kappa shape index (κ3) is 3.56. The van der Waals surface area contributed by atoms with Crippen molar-refractivity contribution in [2.45, 2.75) is 64.1 Å². The Hall–Kier alpha value is -0.870. The number of nitrogens with two attached hydrogens (primary N) is 1. The average Bonchev–Trinajstić information content (AvgIpc) is 2.99. The van der Waals surface area contributed by atoms with E-state index in [9.17, 15) is 0 Å².